The molecule has 2 aliphatic heterocycles. The predicted octanol–water partition coefficient (Wildman–Crippen LogP) is -1.48. The molecule has 8 heteroatoms. The van der Waals surface area contributed by atoms with Gasteiger partial charge in [-0.2, -0.15) is 0 Å². The van der Waals surface area contributed by atoms with Crippen LogP contribution in [0.5, 0.6) is 5.75 Å². The largest absolute Gasteiger partial charge is 1.00 e. The Bertz CT molecular complexity index is 1160. The number of halogens is 2. The molecule has 2 fully saturated rings. The Hall–Kier alpha value is -1.24. The second kappa shape index (κ2) is 13.0. The standard InChI is InChI=1S/C32H40N2O4.2HI/c1-32-15-14-26-25-11-9-24(37-30(35)22-6-4-16-33(2)19-22)18-21(25)8-10-27(26)28(32)12-13-29(32)38-31(36)23-7-5-17-34(3)20-23;;/h4-7,9,11,18,26-29H,8,10,12-17,19-20H2,1-3H3;2*1H/q+2;;/p-2/t26-,27-,28+,29+,32+;;/m1../s1. The molecule has 2 saturated carbocycles. The van der Waals surface area contributed by atoms with Crippen LogP contribution in [0.2, 0.25) is 0 Å². The van der Waals surface area contributed by atoms with E-state index in [2.05, 4.69) is 28.9 Å². The third kappa shape index (κ3) is 6.10. The Kier molecular flexibility index (Phi) is 10.3. The van der Waals surface area contributed by atoms with Crippen molar-refractivity contribution in [1.29, 1.82) is 0 Å². The normalized spacial score (nSPS) is 31.3. The molecule has 0 bridgehead atoms. The van der Waals surface area contributed by atoms with Gasteiger partial charge in [0.1, 0.15) is 37.1 Å². The predicted molar refractivity (Wildman–Crippen MR) is 146 cm³/mol. The first-order chi connectivity index (χ1) is 18.3. The number of rotatable bonds is 4. The molecule has 5 atom stereocenters. The van der Waals surface area contributed by atoms with Gasteiger partial charge in [-0.15, -0.1) is 0 Å². The molecule has 0 amide bonds. The molecule has 216 valence electrons. The molecule has 2 heterocycles. The molecule has 3 aliphatic carbocycles. The topological polar surface area (TPSA) is 59.1 Å². The smallest absolute Gasteiger partial charge is 0.425 e. The molecule has 1 aromatic carbocycles. The van der Waals surface area contributed by atoms with Gasteiger partial charge >= 0.3 is 11.9 Å². The van der Waals surface area contributed by atoms with Gasteiger partial charge in [0.05, 0.1) is 25.2 Å². The lowest BCUT2D eigenvalue weighted by Gasteiger charge is -2.50. The molecule has 0 spiro atoms. The number of ether oxygens (including phenoxy) is 2. The van der Waals surface area contributed by atoms with E-state index in [0.29, 0.717) is 42.5 Å². The molecular formula is C32H40I2N2O4. The number of carbonyl (C=O) groups excluding carboxylic acids is 2. The minimum atomic E-state index is -0.255. The summed E-state index contributed by atoms with van der Waals surface area (Å²) in [4.78, 5) is 30.0. The van der Waals surface area contributed by atoms with Crippen LogP contribution in [0.1, 0.15) is 56.1 Å². The summed E-state index contributed by atoms with van der Waals surface area (Å²) in [5.74, 6) is 3.45. The monoisotopic (exact) mass is 770 g/mol. The van der Waals surface area contributed by atoms with Crippen LogP contribution in [0.15, 0.2) is 42.5 Å². The van der Waals surface area contributed by atoms with E-state index in [1.807, 2.05) is 44.5 Å². The second-order valence-electron chi connectivity index (χ2n) is 12.4. The van der Waals surface area contributed by atoms with Crippen LogP contribution in [-0.2, 0) is 20.7 Å². The fraction of sp³-hybridized carbons (Fsp3) is 0.562. The molecule has 0 aromatic heterocycles. The van der Waals surface area contributed by atoms with Gasteiger partial charge in [-0.05, 0) is 93.6 Å². The molecule has 40 heavy (non-hydrogen) atoms. The highest BCUT2D eigenvalue weighted by atomic mass is 127. The molecule has 6 nitrogen and oxygen atoms in total. The van der Waals surface area contributed by atoms with Crippen LogP contribution in [0, 0.1) is 29.1 Å². The van der Waals surface area contributed by atoms with E-state index in [-0.39, 0.29) is 71.4 Å². The Labute approximate surface area is 273 Å². The minimum absolute atomic E-state index is 0. The molecule has 0 saturated heterocycles. The first-order valence-corrected chi connectivity index (χ1v) is 14.3. The Balaban J connectivity index is 0.00000185. The van der Waals surface area contributed by atoms with Crippen molar-refractivity contribution in [3.63, 3.8) is 0 Å². The zero-order valence-corrected chi connectivity index (χ0v) is 28.0. The molecule has 6 rings (SSSR count). The summed E-state index contributed by atoms with van der Waals surface area (Å²) in [5.41, 5.74) is 2.80. The highest BCUT2D eigenvalue weighted by Gasteiger charge is 2.56. The van der Waals surface area contributed by atoms with Crippen molar-refractivity contribution in [2.75, 3.05) is 40.3 Å². The van der Waals surface area contributed by atoms with Crippen molar-refractivity contribution < 1.29 is 67.0 Å². The van der Waals surface area contributed by atoms with E-state index < -0.39 is 0 Å². The first-order valence-electron chi connectivity index (χ1n) is 14.3. The third-order valence-electron chi connectivity index (χ3n) is 9.95. The summed E-state index contributed by atoms with van der Waals surface area (Å²) >= 11 is 0. The van der Waals surface area contributed by atoms with Crippen LogP contribution in [0.25, 0.3) is 0 Å². The van der Waals surface area contributed by atoms with Gasteiger partial charge in [-0.1, -0.05) is 13.0 Å². The van der Waals surface area contributed by atoms with E-state index in [4.69, 9.17) is 9.47 Å². The van der Waals surface area contributed by atoms with Gasteiger partial charge in [0.15, 0.2) is 11.8 Å². The average molecular weight is 770 g/mol. The average Bonchev–Trinajstić information content (AvgIpc) is 3.24. The maximum absolute atomic E-state index is 13.0. The van der Waals surface area contributed by atoms with E-state index in [1.54, 1.807) is 0 Å². The zero-order valence-electron chi connectivity index (χ0n) is 23.7. The first kappa shape index (κ1) is 31.7. The lowest BCUT2D eigenvalue weighted by molar-refractivity contribution is -0.155. The summed E-state index contributed by atoms with van der Waals surface area (Å²) in [5, 5.41) is 0. The Morgan fingerprint density at radius 3 is 2.27 bits per heavy atom. The number of likely N-dealkylation sites (N-methyl/N-ethyl adjacent to an activating group) is 2. The third-order valence-corrected chi connectivity index (χ3v) is 9.95. The molecule has 5 aliphatic rings. The van der Waals surface area contributed by atoms with Crippen LogP contribution < -0.4 is 52.7 Å². The van der Waals surface area contributed by atoms with Gasteiger partial charge < -0.3 is 57.4 Å². The zero-order chi connectivity index (χ0) is 26.4. The molecule has 0 unspecified atom stereocenters. The number of aryl methyl sites for hydroxylation is 1. The van der Waals surface area contributed by atoms with Gasteiger partial charge in [0, 0.05) is 5.41 Å². The van der Waals surface area contributed by atoms with Crippen molar-refractivity contribution in [2.24, 2.45) is 17.3 Å². The van der Waals surface area contributed by atoms with Crippen molar-refractivity contribution in [3.8, 4) is 5.75 Å². The summed E-state index contributed by atoms with van der Waals surface area (Å²) in [6.07, 6.45) is 14.3. The fourth-order valence-corrected chi connectivity index (χ4v) is 7.98. The quantitative estimate of drug-likeness (QED) is 0.162. The number of carbonyl (C=O) groups is 2. The summed E-state index contributed by atoms with van der Waals surface area (Å²) in [6, 6.07) is 6.29. The second-order valence-corrected chi connectivity index (χ2v) is 12.4. The molecule has 1 aromatic rings. The maximum atomic E-state index is 13.0. The maximum Gasteiger partial charge on any atom is 0.425 e. The van der Waals surface area contributed by atoms with Gasteiger partial charge in [0.2, 0.25) is 0 Å². The van der Waals surface area contributed by atoms with Gasteiger partial charge in [-0.3, -0.25) is 9.80 Å². The van der Waals surface area contributed by atoms with Gasteiger partial charge in [0.25, 0.3) is 0 Å². The van der Waals surface area contributed by atoms with Crippen LogP contribution >= 0.6 is 0 Å². The summed E-state index contributed by atoms with van der Waals surface area (Å²) in [7, 11) is 4.04. The number of fused-ring (bicyclic) bond motifs is 5. The SMILES string of the molecule is CN1CC=C[C+](C(=O)Oc2ccc3c(c2)CC[C@@H]2[C@@H]3CC[C@]3(C)[C@@H](OC(=O)[C+]4C=CCN(C)C4)CC[C@@H]23)C1.[I-].[I-]. The number of hydrogen-bond acceptors (Lipinski definition) is 6. The summed E-state index contributed by atoms with van der Waals surface area (Å²) in [6.45, 7) is 5.39. The Morgan fingerprint density at radius 1 is 0.925 bits per heavy atom. The van der Waals surface area contributed by atoms with Crippen LogP contribution in [-0.4, -0.2) is 68.1 Å². The fourth-order valence-electron chi connectivity index (χ4n) is 7.98. The van der Waals surface area contributed by atoms with Crippen molar-refractivity contribution in [3.05, 3.63) is 65.5 Å². The number of esters is 2. The summed E-state index contributed by atoms with van der Waals surface area (Å²) < 4.78 is 12.0. The molecule has 0 radical (unpaired) electrons. The van der Waals surface area contributed by atoms with E-state index in [1.165, 1.54) is 11.1 Å². The highest BCUT2D eigenvalue weighted by molar-refractivity contribution is 5.90. The van der Waals surface area contributed by atoms with Crippen molar-refractivity contribution in [2.45, 2.75) is 57.5 Å². The van der Waals surface area contributed by atoms with Gasteiger partial charge in [-0.25, -0.2) is 9.59 Å². The minimum Gasteiger partial charge on any atom is -1.00 e. The van der Waals surface area contributed by atoms with E-state index in [9.17, 15) is 9.59 Å². The Morgan fingerprint density at radius 2 is 1.60 bits per heavy atom. The van der Waals surface area contributed by atoms with E-state index in [0.717, 1.165) is 57.5 Å². The highest BCUT2D eigenvalue weighted by Crippen LogP contribution is 2.61. The molecule has 0 N–H and O–H groups in total. The van der Waals surface area contributed by atoms with E-state index >= 15 is 0 Å². The van der Waals surface area contributed by atoms with Crippen molar-refractivity contribution >= 4 is 11.9 Å². The lowest BCUT2D eigenvalue weighted by Crippen LogP contribution is -3.00. The van der Waals surface area contributed by atoms with Crippen LogP contribution in [0.4, 0.5) is 0 Å². The van der Waals surface area contributed by atoms with Crippen LogP contribution in [0.3, 0.4) is 0 Å². The van der Waals surface area contributed by atoms with Crippen molar-refractivity contribution in [1.82, 2.24) is 9.80 Å². The number of hydrogen-bond donors (Lipinski definition) is 0. The molecular weight excluding hydrogens is 730 g/mol. The number of nitrogens with zero attached hydrogens (tertiary/aromatic N) is 2. The lowest BCUT2D eigenvalue weighted by atomic mass is 9.55. The number of benzene rings is 1.